The molecule has 2 atom stereocenters. The highest BCUT2D eigenvalue weighted by Gasteiger charge is 2.33. The minimum absolute atomic E-state index is 0.00475. The average molecular weight is 384 g/mol. The minimum atomic E-state index is -0.491. The maximum Gasteiger partial charge on any atom is 0.407 e. The number of nitrogens with zero attached hydrogens (tertiary/aromatic N) is 1. The Morgan fingerprint density at radius 1 is 1.21 bits per heavy atom. The third-order valence-electron chi connectivity index (χ3n) is 5.21. The number of carbonyl (C=O) groups is 2. The predicted octanol–water partition coefficient (Wildman–Crippen LogP) is 3.76. The van der Waals surface area contributed by atoms with Crippen molar-refractivity contribution in [2.24, 2.45) is 0 Å². The molecule has 6 heteroatoms. The van der Waals surface area contributed by atoms with Gasteiger partial charge in [0.2, 0.25) is 5.91 Å². The third-order valence-corrected chi connectivity index (χ3v) is 5.21. The highest BCUT2D eigenvalue weighted by molar-refractivity contribution is 5.73. The Bertz CT molecular complexity index is 841. The summed E-state index contributed by atoms with van der Waals surface area (Å²) in [7, 11) is 0. The van der Waals surface area contributed by atoms with Crippen molar-refractivity contribution in [3.8, 4) is 0 Å². The highest BCUT2D eigenvalue weighted by Crippen LogP contribution is 2.30. The Kier molecular flexibility index (Phi) is 6.29. The molecule has 1 heterocycles. The van der Waals surface area contributed by atoms with Gasteiger partial charge in [-0.05, 0) is 42.2 Å². The first-order valence-corrected chi connectivity index (χ1v) is 9.43. The first kappa shape index (κ1) is 19.9. The van der Waals surface area contributed by atoms with Gasteiger partial charge in [0.15, 0.2) is 0 Å². The summed E-state index contributed by atoms with van der Waals surface area (Å²) in [5, 5.41) is 2.95. The van der Waals surface area contributed by atoms with E-state index in [-0.39, 0.29) is 30.3 Å². The van der Waals surface area contributed by atoms with Crippen molar-refractivity contribution < 1.29 is 18.7 Å². The van der Waals surface area contributed by atoms with E-state index in [0.717, 1.165) is 16.7 Å². The number of alkyl carbamates (subject to hydrolysis) is 1. The fraction of sp³-hybridized carbons (Fsp3) is 0.364. The van der Waals surface area contributed by atoms with Gasteiger partial charge < -0.3 is 15.0 Å². The van der Waals surface area contributed by atoms with Gasteiger partial charge >= 0.3 is 6.09 Å². The lowest BCUT2D eigenvalue weighted by atomic mass is 9.84. The number of rotatable bonds is 4. The molecule has 0 saturated carbocycles. The molecule has 0 spiro atoms. The molecular weight excluding hydrogens is 359 g/mol. The first-order chi connectivity index (χ1) is 13.4. The van der Waals surface area contributed by atoms with Crippen LogP contribution in [0.4, 0.5) is 9.18 Å². The van der Waals surface area contributed by atoms with Crippen LogP contribution in [0, 0.1) is 12.7 Å². The normalized spacial score (nSPS) is 19.2. The van der Waals surface area contributed by atoms with Gasteiger partial charge in [0.25, 0.3) is 0 Å². The number of hydrogen-bond donors (Lipinski definition) is 1. The lowest BCUT2D eigenvalue weighted by molar-refractivity contribution is -0.130. The van der Waals surface area contributed by atoms with E-state index in [1.54, 1.807) is 11.0 Å². The van der Waals surface area contributed by atoms with Crippen molar-refractivity contribution in [3.05, 3.63) is 71.0 Å². The highest BCUT2D eigenvalue weighted by atomic mass is 19.1. The number of ether oxygens (including phenoxy) is 1. The van der Waals surface area contributed by atoms with Gasteiger partial charge in [0.1, 0.15) is 12.4 Å². The molecule has 3 rings (SSSR count). The summed E-state index contributed by atoms with van der Waals surface area (Å²) in [6, 6.07) is 13.9. The van der Waals surface area contributed by atoms with E-state index >= 15 is 0 Å². The number of halogens is 1. The van der Waals surface area contributed by atoms with Crippen LogP contribution in [0.5, 0.6) is 0 Å². The van der Waals surface area contributed by atoms with E-state index < -0.39 is 6.09 Å². The number of benzene rings is 2. The molecule has 148 valence electrons. The van der Waals surface area contributed by atoms with Gasteiger partial charge in [0.05, 0.1) is 0 Å². The lowest BCUT2D eigenvalue weighted by Gasteiger charge is -2.39. The number of carbonyl (C=O) groups excluding carboxylic acids is 2. The molecule has 28 heavy (non-hydrogen) atoms. The monoisotopic (exact) mass is 384 g/mol. The van der Waals surface area contributed by atoms with Crippen LogP contribution < -0.4 is 5.32 Å². The molecule has 5 nitrogen and oxygen atoms in total. The molecule has 0 radical (unpaired) electrons. The smallest absolute Gasteiger partial charge is 0.407 e. The summed E-state index contributed by atoms with van der Waals surface area (Å²) in [6.07, 6.45) is 0.122. The van der Waals surface area contributed by atoms with Gasteiger partial charge in [-0.1, -0.05) is 36.4 Å². The molecule has 1 unspecified atom stereocenters. The Morgan fingerprint density at radius 2 is 1.96 bits per heavy atom. The summed E-state index contributed by atoms with van der Waals surface area (Å²) < 4.78 is 18.9. The number of aryl methyl sites for hydroxylation is 1. The zero-order chi connectivity index (χ0) is 20.1. The fourth-order valence-corrected chi connectivity index (χ4v) is 3.70. The lowest BCUT2D eigenvalue weighted by Crippen LogP contribution is -2.51. The molecule has 2 aromatic rings. The van der Waals surface area contributed by atoms with Crippen LogP contribution in [0.25, 0.3) is 0 Å². The summed E-state index contributed by atoms with van der Waals surface area (Å²) in [4.78, 5) is 26.0. The largest absolute Gasteiger partial charge is 0.445 e. The number of hydrogen-bond acceptors (Lipinski definition) is 3. The van der Waals surface area contributed by atoms with Crippen molar-refractivity contribution >= 4 is 12.0 Å². The second kappa shape index (κ2) is 8.87. The van der Waals surface area contributed by atoms with Crippen molar-refractivity contribution in [1.82, 2.24) is 10.2 Å². The first-order valence-electron chi connectivity index (χ1n) is 9.43. The molecule has 1 N–H and O–H groups in total. The van der Waals surface area contributed by atoms with Crippen molar-refractivity contribution in [1.29, 1.82) is 0 Å². The van der Waals surface area contributed by atoms with Crippen LogP contribution in [0.2, 0.25) is 0 Å². The SMILES string of the molecule is CC(=O)N1CCC(NC(=O)OCc2ccccc2)[C@@H](c2ccc(F)cc2C)C1. The second-order valence-electron chi connectivity index (χ2n) is 7.17. The van der Waals surface area contributed by atoms with Crippen molar-refractivity contribution in [2.45, 2.75) is 38.8 Å². The molecule has 1 saturated heterocycles. The molecule has 1 aliphatic heterocycles. The van der Waals surface area contributed by atoms with E-state index in [1.165, 1.54) is 19.1 Å². The molecule has 2 aromatic carbocycles. The maximum absolute atomic E-state index is 13.5. The quantitative estimate of drug-likeness (QED) is 0.873. The number of nitrogens with one attached hydrogen (secondary N) is 1. The Hall–Kier alpha value is -2.89. The minimum Gasteiger partial charge on any atom is -0.445 e. The summed E-state index contributed by atoms with van der Waals surface area (Å²) in [5.74, 6) is -0.426. The van der Waals surface area contributed by atoms with Crippen LogP contribution >= 0.6 is 0 Å². The summed E-state index contributed by atoms with van der Waals surface area (Å²) in [6.45, 7) is 4.62. The summed E-state index contributed by atoms with van der Waals surface area (Å²) in [5.41, 5.74) is 2.65. The predicted molar refractivity (Wildman–Crippen MR) is 104 cm³/mol. The standard InChI is InChI=1S/C22H25FN2O3/c1-15-12-18(23)8-9-19(15)20-13-25(16(2)26)11-10-21(20)24-22(27)28-14-17-6-4-3-5-7-17/h3-9,12,20-21H,10-11,13-14H2,1-2H3,(H,24,27)/t20-,21?/m1/s1. The average Bonchev–Trinajstić information content (AvgIpc) is 2.68. The molecular formula is C22H25FN2O3. The summed E-state index contributed by atoms with van der Waals surface area (Å²) >= 11 is 0. The number of amides is 2. The van der Waals surface area contributed by atoms with Crippen LogP contribution in [-0.2, 0) is 16.1 Å². The topological polar surface area (TPSA) is 58.6 Å². The molecule has 1 fully saturated rings. The van der Waals surface area contributed by atoms with Gasteiger partial charge in [-0.3, -0.25) is 4.79 Å². The zero-order valence-electron chi connectivity index (χ0n) is 16.2. The van der Waals surface area contributed by atoms with Crippen LogP contribution in [-0.4, -0.2) is 36.0 Å². The molecule has 0 bridgehead atoms. The van der Waals surface area contributed by atoms with Gasteiger partial charge in [-0.15, -0.1) is 0 Å². The Balaban J connectivity index is 1.71. The van der Waals surface area contributed by atoms with Gasteiger partial charge in [-0.2, -0.15) is 0 Å². The van der Waals surface area contributed by atoms with E-state index in [1.807, 2.05) is 37.3 Å². The van der Waals surface area contributed by atoms with Crippen LogP contribution in [0.15, 0.2) is 48.5 Å². The van der Waals surface area contributed by atoms with Crippen molar-refractivity contribution in [2.75, 3.05) is 13.1 Å². The van der Waals surface area contributed by atoms with Crippen molar-refractivity contribution in [3.63, 3.8) is 0 Å². The molecule has 0 aromatic heterocycles. The van der Waals surface area contributed by atoms with Gasteiger partial charge in [-0.25, -0.2) is 9.18 Å². The Labute approximate surface area is 164 Å². The molecule has 0 aliphatic carbocycles. The van der Waals surface area contributed by atoms with Crippen LogP contribution in [0.1, 0.15) is 36.0 Å². The Morgan fingerprint density at radius 3 is 2.64 bits per heavy atom. The molecule has 1 aliphatic rings. The molecule has 2 amide bonds. The fourth-order valence-electron chi connectivity index (χ4n) is 3.70. The van der Waals surface area contributed by atoms with Crippen LogP contribution in [0.3, 0.4) is 0 Å². The van der Waals surface area contributed by atoms with E-state index in [0.29, 0.717) is 19.5 Å². The number of piperidine rings is 1. The third kappa shape index (κ3) is 4.88. The second-order valence-corrected chi connectivity index (χ2v) is 7.17. The van der Waals surface area contributed by atoms with E-state index in [2.05, 4.69) is 5.32 Å². The van der Waals surface area contributed by atoms with E-state index in [9.17, 15) is 14.0 Å². The van der Waals surface area contributed by atoms with Gasteiger partial charge in [0, 0.05) is 32.0 Å². The number of likely N-dealkylation sites (tertiary alicyclic amines) is 1. The zero-order valence-corrected chi connectivity index (χ0v) is 16.2. The van der Waals surface area contributed by atoms with E-state index in [4.69, 9.17) is 4.74 Å². The maximum atomic E-state index is 13.5.